The van der Waals surface area contributed by atoms with Crippen molar-refractivity contribution in [2.75, 3.05) is 0 Å². The van der Waals surface area contributed by atoms with Gasteiger partial charge in [-0.25, -0.2) is 0 Å². The Morgan fingerprint density at radius 2 is 2.14 bits per heavy atom. The number of Topliss-reactive ketones (excluding diaryl/α,β-unsaturated/α-hetero) is 1. The van der Waals surface area contributed by atoms with Crippen LogP contribution in [-0.4, -0.2) is 17.2 Å². The predicted molar refractivity (Wildman–Crippen MR) is 50.6 cm³/mol. The second-order valence-electron chi connectivity index (χ2n) is 4.95. The van der Waals surface area contributed by atoms with E-state index in [2.05, 4.69) is 5.32 Å². The molecule has 0 radical (unpaired) electrons. The van der Waals surface area contributed by atoms with Crippen LogP contribution < -0.4 is 5.32 Å². The fourth-order valence-corrected chi connectivity index (χ4v) is 2.76. The number of fused-ring (bicyclic) bond motifs is 1. The Hall–Kier alpha value is -0.860. The molecule has 3 aliphatic rings. The lowest BCUT2D eigenvalue weighted by molar-refractivity contribution is -0.132. The first-order chi connectivity index (χ1) is 6.72. The van der Waals surface area contributed by atoms with E-state index in [-0.39, 0.29) is 23.1 Å². The smallest absolute Gasteiger partial charge is 0.223 e. The maximum atomic E-state index is 11.7. The molecule has 14 heavy (non-hydrogen) atoms. The zero-order chi connectivity index (χ0) is 9.76. The van der Waals surface area contributed by atoms with Crippen molar-refractivity contribution in [3.8, 4) is 0 Å². The van der Waals surface area contributed by atoms with Gasteiger partial charge in [-0.3, -0.25) is 9.59 Å². The minimum atomic E-state index is -0.382. The number of ketones is 1. The van der Waals surface area contributed by atoms with E-state index in [0.717, 1.165) is 25.7 Å². The summed E-state index contributed by atoms with van der Waals surface area (Å²) in [5.41, 5.74) is -0.382. The zero-order valence-corrected chi connectivity index (χ0v) is 8.21. The molecule has 3 saturated carbocycles. The third-order valence-corrected chi connectivity index (χ3v) is 4.14. The Morgan fingerprint density at radius 1 is 1.36 bits per heavy atom. The van der Waals surface area contributed by atoms with E-state index in [0.29, 0.717) is 12.3 Å². The minimum absolute atomic E-state index is 0.133. The molecular formula is C11H15NO2. The van der Waals surface area contributed by atoms with Crippen LogP contribution in [0.5, 0.6) is 0 Å². The summed E-state index contributed by atoms with van der Waals surface area (Å²) in [6, 6.07) is 0. The summed E-state index contributed by atoms with van der Waals surface area (Å²) in [4.78, 5) is 23.3. The molecule has 3 fully saturated rings. The summed E-state index contributed by atoms with van der Waals surface area (Å²) in [5.74, 6) is 1.09. The number of rotatable bonds is 2. The Kier molecular flexibility index (Phi) is 1.56. The van der Waals surface area contributed by atoms with Crippen molar-refractivity contribution < 1.29 is 9.59 Å². The van der Waals surface area contributed by atoms with Crippen LogP contribution in [0, 0.1) is 11.8 Å². The highest BCUT2D eigenvalue weighted by Crippen LogP contribution is 2.53. The Bertz CT molecular complexity index is 308. The molecule has 3 heteroatoms. The first kappa shape index (κ1) is 8.45. The van der Waals surface area contributed by atoms with Crippen LogP contribution in [-0.2, 0) is 9.59 Å². The van der Waals surface area contributed by atoms with E-state index < -0.39 is 0 Å². The summed E-state index contributed by atoms with van der Waals surface area (Å²) in [5, 5.41) is 2.99. The SMILES string of the molecule is O=C(NC12CC1CCC2=O)C1CCC1. The highest BCUT2D eigenvalue weighted by atomic mass is 16.2. The molecule has 1 amide bonds. The van der Waals surface area contributed by atoms with E-state index in [1.165, 1.54) is 6.42 Å². The van der Waals surface area contributed by atoms with Crippen LogP contribution in [0.15, 0.2) is 0 Å². The molecule has 0 aromatic carbocycles. The number of hydrogen-bond donors (Lipinski definition) is 1. The zero-order valence-electron chi connectivity index (χ0n) is 8.21. The van der Waals surface area contributed by atoms with E-state index in [9.17, 15) is 9.59 Å². The average molecular weight is 193 g/mol. The lowest BCUT2D eigenvalue weighted by Crippen LogP contribution is -2.46. The Morgan fingerprint density at radius 3 is 2.57 bits per heavy atom. The van der Waals surface area contributed by atoms with Gasteiger partial charge in [-0.05, 0) is 31.6 Å². The normalized spacial score (nSPS) is 40.3. The van der Waals surface area contributed by atoms with Crippen molar-refractivity contribution in [1.82, 2.24) is 5.32 Å². The molecule has 0 aromatic rings. The van der Waals surface area contributed by atoms with Crippen molar-refractivity contribution in [3.63, 3.8) is 0 Å². The van der Waals surface area contributed by atoms with Gasteiger partial charge in [0, 0.05) is 12.3 Å². The lowest BCUT2D eigenvalue weighted by Gasteiger charge is -2.26. The van der Waals surface area contributed by atoms with E-state index in [4.69, 9.17) is 0 Å². The van der Waals surface area contributed by atoms with Crippen LogP contribution in [0.1, 0.15) is 38.5 Å². The molecule has 0 aliphatic heterocycles. The maximum absolute atomic E-state index is 11.7. The van der Waals surface area contributed by atoms with Crippen molar-refractivity contribution in [2.45, 2.75) is 44.1 Å². The first-order valence-corrected chi connectivity index (χ1v) is 5.58. The molecule has 3 nitrogen and oxygen atoms in total. The quantitative estimate of drug-likeness (QED) is 0.711. The van der Waals surface area contributed by atoms with Gasteiger partial charge in [0.1, 0.15) is 5.54 Å². The van der Waals surface area contributed by atoms with Crippen LogP contribution in [0.2, 0.25) is 0 Å². The number of carbonyl (C=O) groups is 2. The number of carbonyl (C=O) groups excluding carboxylic acids is 2. The molecule has 3 rings (SSSR count). The molecular weight excluding hydrogens is 178 g/mol. The number of nitrogens with one attached hydrogen (secondary N) is 1. The highest BCUT2D eigenvalue weighted by Gasteiger charge is 2.64. The summed E-state index contributed by atoms with van der Waals surface area (Å²) in [6.45, 7) is 0. The van der Waals surface area contributed by atoms with Gasteiger partial charge in [0.15, 0.2) is 5.78 Å². The van der Waals surface area contributed by atoms with Gasteiger partial charge in [0.25, 0.3) is 0 Å². The molecule has 2 atom stereocenters. The minimum Gasteiger partial charge on any atom is -0.343 e. The third kappa shape index (κ3) is 0.983. The maximum Gasteiger partial charge on any atom is 0.223 e. The fraction of sp³-hybridized carbons (Fsp3) is 0.818. The number of amides is 1. The summed E-state index contributed by atoms with van der Waals surface area (Å²) < 4.78 is 0. The Labute approximate surface area is 83.2 Å². The summed E-state index contributed by atoms with van der Waals surface area (Å²) >= 11 is 0. The molecule has 0 saturated heterocycles. The monoisotopic (exact) mass is 193 g/mol. The van der Waals surface area contributed by atoms with Crippen molar-refractivity contribution in [1.29, 1.82) is 0 Å². The number of hydrogen-bond acceptors (Lipinski definition) is 2. The van der Waals surface area contributed by atoms with Gasteiger partial charge in [0.05, 0.1) is 0 Å². The molecule has 0 spiro atoms. The van der Waals surface area contributed by atoms with Crippen LogP contribution in [0.4, 0.5) is 0 Å². The van der Waals surface area contributed by atoms with Crippen LogP contribution in [0.3, 0.4) is 0 Å². The second kappa shape index (κ2) is 2.59. The van der Waals surface area contributed by atoms with Gasteiger partial charge >= 0.3 is 0 Å². The fourth-order valence-electron chi connectivity index (χ4n) is 2.76. The molecule has 76 valence electrons. The van der Waals surface area contributed by atoms with Crippen LogP contribution >= 0.6 is 0 Å². The first-order valence-electron chi connectivity index (χ1n) is 5.58. The second-order valence-corrected chi connectivity index (χ2v) is 4.95. The van der Waals surface area contributed by atoms with E-state index >= 15 is 0 Å². The topological polar surface area (TPSA) is 46.2 Å². The Balaban J connectivity index is 1.67. The van der Waals surface area contributed by atoms with Gasteiger partial charge in [-0.2, -0.15) is 0 Å². The molecule has 3 aliphatic carbocycles. The van der Waals surface area contributed by atoms with E-state index in [1.54, 1.807) is 0 Å². The van der Waals surface area contributed by atoms with Gasteiger partial charge < -0.3 is 5.32 Å². The van der Waals surface area contributed by atoms with Gasteiger partial charge in [-0.15, -0.1) is 0 Å². The van der Waals surface area contributed by atoms with Crippen LogP contribution in [0.25, 0.3) is 0 Å². The summed E-state index contributed by atoms with van der Waals surface area (Å²) in [6.07, 6.45) is 5.77. The molecule has 0 aromatic heterocycles. The predicted octanol–water partition coefficient (Wildman–Crippen LogP) is 1.02. The van der Waals surface area contributed by atoms with Crippen molar-refractivity contribution in [2.24, 2.45) is 11.8 Å². The molecule has 1 N–H and O–H groups in total. The highest BCUT2D eigenvalue weighted by molar-refractivity contribution is 5.98. The molecule has 2 unspecified atom stereocenters. The largest absolute Gasteiger partial charge is 0.343 e. The lowest BCUT2D eigenvalue weighted by atomic mass is 9.84. The van der Waals surface area contributed by atoms with Gasteiger partial charge in [-0.1, -0.05) is 6.42 Å². The third-order valence-electron chi connectivity index (χ3n) is 4.14. The van der Waals surface area contributed by atoms with E-state index in [1.807, 2.05) is 0 Å². The van der Waals surface area contributed by atoms with Crippen molar-refractivity contribution >= 4 is 11.7 Å². The van der Waals surface area contributed by atoms with Crippen molar-refractivity contribution in [3.05, 3.63) is 0 Å². The average Bonchev–Trinajstić information content (AvgIpc) is 2.65. The standard InChI is InChI=1S/C11H15NO2/c13-9-5-4-8-6-11(8,9)12-10(14)7-2-1-3-7/h7-8H,1-6H2,(H,12,14). The molecule has 0 heterocycles. The molecule has 0 bridgehead atoms. The summed E-state index contributed by atoms with van der Waals surface area (Å²) in [7, 11) is 0. The van der Waals surface area contributed by atoms with Gasteiger partial charge in [0.2, 0.25) is 5.91 Å².